The third kappa shape index (κ3) is 4.95. The number of hydrogen-bond acceptors (Lipinski definition) is 4. The van der Waals surface area contributed by atoms with Gasteiger partial charge in [0.25, 0.3) is 0 Å². The molecule has 0 spiro atoms. The Morgan fingerprint density at radius 1 is 1.15 bits per heavy atom. The predicted molar refractivity (Wildman–Crippen MR) is 128 cm³/mol. The molecule has 0 radical (unpaired) electrons. The number of rotatable bonds is 8. The summed E-state index contributed by atoms with van der Waals surface area (Å²) in [4.78, 5) is 29.1. The minimum atomic E-state index is -1.07. The van der Waals surface area contributed by atoms with Gasteiger partial charge in [0.2, 0.25) is 11.8 Å². The molecule has 1 saturated carbocycles. The lowest BCUT2D eigenvalue weighted by molar-refractivity contribution is -0.145. The van der Waals surface area contributed by atoms with Crippen molar-refractivity contribution in [1.82, 2.24) is 25.2 Å². The lowest BCUT2D eigenvalue weighted by Crippen LogP contribution is -2.53. The van der Waals surface area contributed by atoms with Crippen molar-refractivity contribution >= 4 is 22.8 Å². The summed E-state index contributed by atoms with van der Waals surface area (Å²) in [6.07, 6.45) is 4.18. The van der Waals surface area contributed by atoms with Crippen molar-refractivity contribution in [3.63, 3.8) is 0 Å². The van der Waals surface area contributed by atoms with Crippen LogP contribution >= 0.6 is 0 Å². The first-order valence-corrected chi connectivity index (χ1v) is 12.0. The summed E-state index contributed by atoms with van der Waals surface area (Å²) in [5.74, 6) is -1.15. The molecule has 0 aliphatic heterocycles. The summed E-state index contributed by atoms with van der Waals surface area (Å²) in [6.45, 7) is 5.75. The summed E-state index contributed by atoms with van der Waals surface area (Å²) in [7, 11) is 0. The van der Waals surface area contributed by atoms with Crippen LogP contribution in [0.5, 0.6) is 0 Å². The smallest absolute Gasteiger partial charge is 0.247 e. The zero-order valence-corrected chi connectivity index (χ0v) is 20.0. The number of hydrogen-bond donors (Lipinski definition) is 1. The Labute approximate surface area is 199 Å². The first-order valence-electron chi connectivity index (χ1n) is 12.0. The summed E-state index contributed by atoms with van der Waals surface area (Å²) >= 11 is 0. The molecule has 0 bridgehead atoms. The molecule has 34 heavy (non-hydrogen) atoms. The van der Waals surface area contributed by atoms with Crippen molar-refractivity contribution in [2.24, 2.45) is 0 Å². The molecule has 1 aliphatic rings. The van der Waals surface area contributed by atoms with Crippen LogP contribution in [-0.2, 0) is 16.1 Å². The molecule has 0 unspecified atom stereocenters. The number of carbonyl (C=O) groups excluding carboxylic acids is 2. The van der Waals surface area contributed by atoms with Crippen LogP contribution in [0.4, 0.5) is 4.39 Å². The zero-order chi connectivity index (χ0) is 24.3. The average Bonchev–Trinajstić information content (AvgIpc) is 3.48. The predicted octanol–water partition coefficient (Wildman–Crippen LogP) is 4.39. The number of amides is 2. The molecule has 3 aromatic rings. The van der Waals surface area contributed by atoms with Gasteiger partial charge in [0.15, 0.2) is 0 Å². The molecule has 180 valence electrons. The number of benzene rings is 2. The summed E-state index contributed by atoms with van der Waals surface area (Å²) in [6, 6.07) is 12.4. The second-order valence-corrected chi connectivity index (χ2v) is 9.63. The van der Waals surface area contributed by atoms with Gasteiger partial charge in [-0.25, -0.2) is 9.07 Å². The van der Waals surface area contributed by atoms with E-state index < -0.39 is 17.4 Å². The summed E-state index contributed by atoms with van der Waals surface area (Å²) in [5.41, 5.74) is 1.14. The van der Waals surface area contributed by atoms with Crippen molar-refractivity contribution in [2.75, 3.05) is 0 Å². The highest BCUT2D eigenvalue weighted by molar-refractivity contribution is 5.90. The molecule has 4 rings (SSSR count). The van der Waals surface area contributed by atoms with Crippen LogP contribution in [0.3, 0.4) is 0 Å². The fraction of sp³-hybridized carbons (Fsp3) is 0.462. The Bertz CT molecular complexity index is 1170. The van der Waals surface area contributed by atoms with Crippen LogP contribution < -0.4 is 5.32 Å². The first kappa shape index (κ1) is 23.9. The molecular formula is C26H32FN5O2. The molecule has 1 heterocycles. The summed E-state index contributed by atoms with van der Waals surface area (Å²) < 4.78 is 16.6. The van der Waals surface area contributed by atoms with E-state index in [9.17, 15) is 9.59 Å². The highest BCUT2D eigenvalue weighted by atomic mass is 19.1. The topological polar surface area (TPSA) is 80.1 Å². The van der Waals surface area contributed by atoms with E-state index in [0.717, 1.165) is 31.2 Å². The molecule has 2 aromatic carbocycles. The minimum absolute atomic E-state index is 0.0770. The SMILES string of the molecule is CCC(C)(C)NC(=O)[C@H](c1ccccc1F)N(C(=O)Cn1nnc2ccccc21)C1CCCC1. The van der Waals surface area contributed by atoms with Crippen molar-refractivity contribution in [3.8, 4) is 0 Å². The Kier molecular flexibility index (Phi) is 6.95. The quantitative estimate of drug-likeness (QED) is 0.535. The molecule has 7 nitrogen and oxygen atoms in total. The normalized spacial score (nSPS) is 15.4. The highest BCUT2D eigenvalue weighted by Gasteiger charge is 2.40. The van der Waals surface area contributed by atoms with Gasteiger partial charge >= 0.3 is 0 Å². The molecule has 0 saturated heterocycles. The first-order chi connectivity index (χ1) is 16.3. The van der Waals surface area contributed by atoms with E-state index in [2.05, 4.69) is 15.6 Å². The lowest BCUT2D eigenvalue weighted by Gasteiger charge is -2.38. The van der Waals surface area contributed by atoms with Crippen molar-refractivity contribution in [3.05, 3.63) is 59.9 Å². The van der Waals surface area contributed by atoms with E-state index in [4.69, 9.17) is 0 Å². The van der Waals surface area contributed by atoms with Gasteiger partial charge in [-0.1, -0.05) is 55.3 Å². The van der Waals surface area contributed by atoms with Crippen LogP contribution in [0.2, 0.25) is 0 Å². The van der Waals surface area contributed by atoms with Crippen LogP contribution in [0.15, 0.2) is 48.5 Å². The van der Waals surface area contributed by atoms with Gasteiger partial charge in [0, 0.05) is 17.1 Å². The lowest BCUT2D eigenvalue weighted by atomic mass is 9.97. The van der Waals surface area contributed by atoms with E-state index in [-0.39, 0.29) is 30.0 Å². The molecule has 1 N–H and O–H groups in total. The maximum Gasteiger partial charge on any atom is 0.247 e. The van der Waals surface area contributed by atoms with E-state index in [1.54, 1.807) is 27.8 Å². The Balaban J connectivity index is 1.75. The zero-order valence-electron chi connectivity index (χ0n) is 20.0. The van der Waals surface area contributed by atoms with Gasteiger partial charge in [-0.15, -0.1) is 5.10 Å². The van der Waals surface area contributed by atoms with E-state index >= 15 is 4.39 Å². The maximum absolute atomic E-state index is 15.1. The second-order valence-electron chi connectivity index (χ2n) is 9.63. The van der Waals surface area contributed by atoms with Crippen molar-refractivity contribution < 1.29 is 14.0 Å². The highest BCUT2D eigenvalue weighted by Crippen LogP contribution is 2.33. The van der Waals surface area contributed by atoms with Gasteiger partial charge in [-0.3, -0.25) is 9.59 Å². The monoisotopic (exact) mass is 465 g/mol. The van der Waals surface area contributed by atoms with Gasteiger partial charge in [-0.2, -0.15) is 0 Å². The van der Waals surface area contributed by atoms with E-state index in [1.165, 1.54) is 6.07 Å². The average molecular weight is 466 g/mol. The number of halogens is 1. The molecular weight excluding hydrogens is 433 g/mol. The van der Waals surface area contributed by atoms with Crippen molar-refractivity contribution in [1.29, 1.82) is 0 Å². The fourth-order valence-corrected chi connectivity index (χ4v) is 4.59. The largest absolute Gasteiger partial charge is 0.349 e. The molecule has 8 heteroatoms. The van der Waals surface area contributed by atoms with Gasteiger partial charge < -0.3 is 10.2 Å². The van der Waals surface area contributed by atoms with Crippen LogP contribution in [0.1, 0.15) is 64.5 Å². The Hall–Kier alpha value is -3.29. The number of fused-ring (bicyclic) bond motifs is 1. The van der Waals surface area contributed by atoms with Crippen LogP contribution in [0.25, 0.3) is 11.0 Å². The third-order valence-electron chi connectivity index (χ3n) is 6.78. The van der Waals surface area contributed by atoms with E-state index in [1.807, 2.05) is 45.0 Å². The molecule has 2 amide bonds. The minimum Gasteiger partial charge on any atom is -0.349 e. The van der Waals surface area contributed by atoms with Crippen LogP contribution in [-0.4, -0.2) is 43.3 Å². The molecule has 1 fully saturated rings. The molecule has 1 aromatic heterocycles. The Morgan fingerprint density at radius 2 is 1.82 bits per heavy atom. The number of aromatic nitrogens is 3. The Morgan fingerprint density at radius 3 is 2.53 bits per heavy atom. The maximum atomic E-state index is 15.1. The molecule has 1 aliphatic carbocycles. The van der Waals surface area contributed by atoms with Gasteiger partial charge in [0.1, 0.15) is 23.9 Å². The second kappa shape index (κ2) is 9.91. The molecule has 1 atom stereocenters. The number of nitrogens with one attached hydrogen (secondary N) is 1. The standard InChI is InChI=1S/C26H32FN5O2/c1-4-26(2,3)28-25(34)24(19-13-7-8-14-20(19)27)32(18-11-5-6-12-18)23(33)17-31-22-16-10-9-15-21(22)29-30-31/h7-10,13-16,18,24H,4-6,11-12,17H2,1-3H3,(H,28,34)/t24-/m0/s1. The summed E-state index contributed by atoms with van der Waals surface area (Å²) in [5, 5.41) is 11.3. The number of carbonyl (C=O) groups is 2. The number of para-hydroxylation sites is 1. The van der Waals surface area contributed by atoms with Crippen molar-refractivity contribution in [2.45, 2.75) is 77.0 Å². The van der Waals surface area contributed by atoms with Gasteiger partial charge in [-0.05, 0) is 51.3 Å². The van der Waals surface area contributed by atoms with Crippen LogP contribution in [0, 0.1) is 5.82 Å². The van der Waals surface area contributed by atoms with E-state index in [0.29, 0.717) is 11.9 Å². The number of nitrogens with zero attached hydrogens (tertiary/aromatic N) is 4. The van der Waals surface area contributed by atoms with Gasteiger partial charge in [0.05, 0.1) is 5.52 Å². The third-order valence-corrected chi connectivity index (χ3v) is 6.78. The fourth-order valence-electron chi connectivity index (χ4n) is 4.59.